The summed E-state index contributed by atoms with van der Waals surface area (Å²) in [7, 11) is 0. The number of anilines is 1. The van der Waals surface area contributed by atoms with Crippen LogP contribution >= 0.6 is 0 Å². The van der Waals surface area contributed by atoms with Crippen molar-refractivity contribution in [1.82, 2.24) is 0 Å². The molecule has 4 nitrogen and oxygen atoms in total. The Morgan fingerprint density at radius 3 is 2.75 bits per heavy atom. The fourth-order valence-electron chi connectivity index (χ4n) is 2.91. The van der Waals surface area contributed by atoms with Crippen LogP contribution in [0, 0.1) is 0 Å². The van der Waals surface area contributed by atoms with Gasteiger partial charge in [-0.15, -0.1) is 0 Å². The highest BCUT2D eigenvalue weighted by Crippen LogP contribution is 2.32. The van der Waals surface area contributed by atoms with Crippen molar-refractivity contribution in [3.05, 3.63) is 29.3 Å². The van der Waals surface area contributed by atoms with E-state index in [0.29, 0.717) is 0 Å². The van der Waals surface area contributed by atoms with Crippen LogP contribution in [0.2, 0.25) is 0 Å². The number of carboxylic acids is 1. The van der Waals surface area contributed by atoms with Crippen molar-refractivity contribution in [1.29, 1.82) is 0 Å². The molecule has 1 N–H and O–H groups in total. The fraction of sp³-hybridized carbons (Fsp3) is 0.500. The standard InChI is InChI=1S/C16H21NO3/c1-3-12(10-16(19)20)13-6-7-15-14(9-13)5-4-8-17(15)11(2)18/h6-7,9,12H,3-5,8,10H2,1-2H3,(H,19,20). The van der Waals surface area contributed by atoms with E-state index in [-0.39, 0.29) is 18.2 Å². The minimum atomic E-state index is -0.764. The molecule has 1 aliphatic heterocycles. The molecule has 0 radical (unpaired) electrons. The van der Waals surface area contributed by atoms with Gasteiger partial charge in [0.1, 0.15) is 0 Å². The summed E-state index contributed by atoms with van der Waals surface area (Å²) in [5, 5.41) is 8.98. The lowest BCUT2D eigenvalue weighted by Crippen LogP contribution is -2.33. The van der Waals surface area contributed by atoms with Crippen LogP contribution in [0.25, 0.3) is 0 Å². The predicted octanol–water partition coefficient (Wildman–Crippen LogP) is 2.95. The fourth-order valence-corrected chi connectivity index (χ4v) is 2.91. The first kappa shape index (κ1) is 14.6. The van der Waals surface area contributed by atoms with E-state index >= 15 is 0 Å². The van der Waals surface area contributed by atoms with Crippen LogP contribution in [0.5, 0.6) is 0 Å². The Kier molecular flexibility index (Phi) is 4.42. The second kappa shape index (κ2) is 6.07. The monoisotopic (exact) mass is 275 g/mol. The number of fused-ring (bicyclic) bond motifs is 1. The molecule has 1 atom stereocenters. The molecule has 2 rings (SSSR count). The number of carbonyl (C=O) groups excluding carboxylic acids is 1. The molecule has 0 saturated heterocycles. The highest BCUT2D eigenvalue weighted by atomic mass is 16.4. The molecular formula is C16H21NO3. The quantitative estimate of drug-likeness (QED) is 0.919. The number of amides is 1. The first-order chi connectivity index (χ1) is 9.52. The summed E-state index contributed by atoms with van der Waals surface area (Å²) in [6, 6.07) is 6.02. The van der Waals surface area contributed by atoms with Gasteiger partial charge in [0.05, 0.1) is 6.42 Å². The molecule has 1 aromatic rings. The van der Waals surface area contributed by atoms with Crippen molar-refractivity contribution in [2.24, 2.45) is 0 Å². The summed E-state index contributed by atoms with van der Waals surface area (Å²) < 4.78 is 0. The maximum atomic E-state index is 11.6. The van der Waals surface area contributed by atoms with Gasteiger partial charge in [0.15, 0.2) is 0 Å². The average molecular weight is 275 g/mol. The van der Waals surface area contributed by atoms with Crippen molar-refractivity contribution in [3.8, 4) is 0 Å². The first-order valence-corrected chi connectivity index (χ1v) is 7.15. The number of benzene rings is 1. The second-order valence-corrected chi connectivity index (χ2v) is 5.37. The zero-order valence-electron chi connectivity index (χ0n) is 12.1. The molecule has 0 fully saturated rings. The van der Waals surface area contributed by atoms with Gasteiger partial charge in [-0.2, -0.15) is 0 Å². The van der Waals surface area contributed by atoms with Gasteiger partial charge in [-0.3, -0.25) is 9.59 Å². The highest BCUT2D eigenvalue weighted by molar-refractivity contribution is 5.92. The van der Waals surface area contributed by atoms with Gasteiger partial charge < -0.3 is 10.0 Å². The third kappa shape index (κ3) is 3.00. The molecule has 1 unspecified atom stereocenters. The van der Waals surface area contributed by atoms with E-state index < -0.39 is 5.97 Å². The Bertz CT molecular complexity index is 524. The third-order valence-electron chi connectivity index (χ3n) is 3.99. The Balaban J connectivity index is 2.31. The maximum absolute atomic E-state index is 11.6. The van der Waals surface area contributed by atoms with Crippen LogP contribution < -0.4 is 4.90 Å². The summed E-state index contributed by atoms with van der Waals surface area (Å²) >= 11 is 0. The summed E-state index contributed by atoms with van der Waals surface area (Å²) in [4.78, 5) is 24.4. The number of hydrogen-bond donors (Lipinski definition) is 1. The van der Waals surface area contributed by atoms with E-state index in [1.54, 1.807) is 11.8 Å². The van der Waals surface area contributed by atoms with E-state index in [2.05, 4.69) is 6.07 Å². The van der Waals surface area contributed by atoms with E-state index in [1.165, 1.54) is 0 Å². The van der Waals surface area contributed by atoms with Crippen molar-refractivity contribution >= 4 is 17.6 Å². The minimum absolute atomic E-state index is 0.0468. The van der Waals surface area contributed by atoms with E-state index in [4.69, 9.17) is 5.11 Å². The molecule has 1 aromatic carbocycles. The molecule has 0 saturated carbocycles. The average Bonchev–Trinajstić information content (AvgIpc) is 2.43. The normalized spacial score (nSPS) is 15.6. The Labute approximate surface area is 119 Å². The van der Waals surface area contributed by atoms with Crippen LogP contribution in [0.15, 0.2) is 18.2 Å². The summed E-state index contributed by atoms with van der Waals surface area (Å²) in [6.45, 7) is 4.37. The van der Waals surface area contributed by atoms with Crippen molar-refractivity contribution in [2.75, 3.05) is 11.4 Å². The molecule has 0 aliphatic carbocycles. The minimum Gasteiger partial charge on any atom is -0.481 e. The molecule has 0 aromatic heterocycles. The lowest BCUT2D eigenvalue weighted by Gasteiger charge is -2.29. The molecule has 20 heavy (non-hydrogen) atoms. The van der Waals surface area contributed by atoms with E-state index in [9.17, 15) is 9.59 Å². The smallest absolute Gasteiger partial charge is 0.303 e. The van der Waals surface area contributed by atoms with E-state index in [0.717, 1.165) is 42.6 Å². The molecule has 1 aliphatic rings. The van der Waals surface area contributed by atoms with Crippen LogP contribution in [-0.4, -0.2) is 23.5 Å². The van der Waals surface area contributed by atoms with Gasteiger partial charge >= 0.3 is 5.97 Å². The van der Waals surface area contributed by atoms with Crippen molar-refractivity contribution in [3.63, 3.8) is 0 Å². The highest BCUT2D eigenvalue weighted by Gasteiger charge is 2.22. The van der Waals surface area contributed by atoms with Crippen molar-refractivity contribution in [2.45, 2.75) is 45.4 Å². The SMILES string of the molecule is CCC(CC(=O)O)c1ccc2c(c1)CCCN2C(C)=O. The van der Waals surface area contributed by atoms with Crippen molar-refractivity contribution < 1.29 is 14.7 Å². The predicted molar refractivity (Wildman–Crippen MR) is 78.1 cm³/mol. The largest absolute Gasteiger partial charge is 0.481 e. The molecule has 108 valence electrons. The van der Waals surface area contributed by atoms with Crippen LogP contribution in [-0.2, 0) is 16.0 Å². The number of rotatable bonds is 4. The molecule has 0 bridgehead atoms. The zero-order valence-corrected chi connectivity index (χ0v) is 12.1. The number of aliphatic carboxylic acids is 1. The number of aryl methyl sites for hydroxylation is 1. The third-order valence-corrected chi connectivity index (χ3v) is 3.99. The molecule has 4 heteroatoms. The summed E-state index contributed by atoms with van der Waals surface area (Å²) in [5.41, 5.74) is 3.21. The van der Waals surface area contributed by atoms with Gasteiger partial charge in [-0.25, -0.2) is 0 Å². The topological polar surface area (TPSA) is 57.6 Å². The summed E-state index contributed by atoms with van der Waals surface area (Å²) in [6.07, 6.45) is 2.88. The zero-order chi connectivity index (χ0) is 14.7. The summed E-state index contributed by atoms with van der Waals surface area (Å²) in [5.74, 6) is -0.651. The van der Waals surface area contributed by atoms with Gasteiger partial charge in [0, 0.05) is 19.2 Å². The van der Waals surface area contributed by atoms with Gasteiger partial charge in [-0.05, 0) is 42.4 Å². The molecular weight excluding hydrogens is 254 g/mol. The van der Waals surface area contributed by atoms with E-state index in [1.807, 2.05) is 19.1 Å². The number of nitrogens with zero attached hydrogens (tertiary/aromatic N) is 1. The number of hydrogen-bond acceptors (Lipinski definition) is 2. The van der Waals surface area contributed by atoms with Gasteiger partial charge in [-0.1, -0.05) is 19.1 Å². The Morgan fingerprint density at radius 1 is 1.40 bits per heavy atom. The van der Waals surface area contributed by atoms with Crippen LogP contribution in [0.1, 0.15) is 50.2 Å². The van der Waals surface area contributed by atoms with Crippen LogP contribution in [0.4, 0.5) is 5.69 Å². The lowest BCUT2D eigenvalue weighted by atomic mass is 9.89. The van der Waals surface area contributed by atoms with Gasteiger partial charge in [0.25, 0.3) is 0 Å². The van der Waals surface area contributed by atoms with Gasteiger partial charge in [0.2, 0.25) is 5.91 Å². The Hall–Kier alpha value is -1.84. The van der Waals surface area contributed by atoms with Crippen LogP contribution in [0.3, 0.4) is 0 Å². The second-order valence-electron chi connectivity index (χ2n) is 5.37. The number of carboxylic acid groups (broad SMARTS) is 1. The Morgan fingerprint density at radius 2 is 2.15 bits per heavy atom. The maximum Gasteiger partial charge on any atom is 0.303 e. The number of carbonyl (C=O) groups is 2. The molecule has 1 amide bonds. The molecule has 1 heterocycles. The first-order valence-electron chi connectivity index (χ1n) is 7.15. The lowest BCUT2D eigenvalue weighted by molar-refractivity contribution is -0.137. The molecule has 0 spiro atoms.